The second kappa shape index (κ2) is 6.49. The second-order valence-electron chi connectivity index (χ2n) is 6.87. The highest BCUT2D eigenvalue weighted by atomic mass is 32.2. The molecule has 4 heteroatoms. The lowest BCUT2D eigenvalue weighted by molar-refractivity contribution is 0.291. The van der Waals surface area contributed by atoms with Gasteiger partial charge in [0.25, 0.3) is 0 Å². The lowest BCUT2D eigenvalue weighted by atomic mass is 9.86. The van der Waals surface area contributed by atoms with E-state index in [4.69, 9.17) is 0 Å². The Hall–Kier alpha value is -0.870. The monoisotopic (exact) mass is 309 g/mol. The molecule has 0 saturated carbocycles. The zero-order chi connectivity index (χ0) is 15.5. The van der Waals surface area contributed by atoms with E-state index in [9.17, 15) is 8.42 Å². The molecule has 1 aromatic carbocycles. The van der Waals surface area contributed by atoms with Crippen molar-refractivity contribution in [1.29, 1.82) is 0 Å². The van der Waals surface area contributed by atoms with Crippen molar-refractivity contribution in [2.45, 2.75) is 57.4 Å². The zero-order valence-corrected chi connectivity index (χ0v) is 14.2. The summed E-state index contributed by atoms with van der Waals surface area (Å²) in [5.74, 6) is 0.192. The maximum Gasteiger partial charge on any atom is 0.180 e. The van der Waals surface area contributed by atoms with Crippen LogP contribution in [0.2, 0.25) is 0 Å². The van der Waals surface area contributed by atoms with E-state index >= 15 is 0 Å². The second-order valence-corrected chi connectivity index (χ2v) is 8.88. The van der Waals surface area contributed by atoms with Crippen LogP contribution in [-0.2, 0) is 9.84 Å². The first-order valence-corrected chi connectivity index (χ1v) is 9.56. The molecule has 1 aliphatic heterocycles. The standard InChI is InChI=1S/C17H27NO2S/c1-4-5-8-11-17(2,3)13-18-15-12-21(19,20)16-10-7-6-9-14(15)16/h6-7,9-10,15,18H,4-5,8,11-13H2,1-3H3. The van der Waals surface area contributed by atoms with Crippen LogP contribution < -0.4 is 5.32 Å². The summed E-state index contributed by atoms with van der Waals surface area (Å²) in [4.78, 5) is 0.506. The summed E-state index contributed by atoms with van der Waals surface area (Å²) < 4.78 is 24.3. The third kappa shape index (κ3) is 4.07. The summed E-state index contributed by atoms with van der Waals surface area (Å²) in [6, 6.07) is 7.31. The van der Waals surface area contributed by atoms with Gasteiger partial charge in [-0.1, -0.05) is 58.2 Å². The number of fused-ring (bicyclic) bond motifs is 1. The van der Waals surface area contributed by atoms with Gasteiger partial charge in [0.2, 0.25) is 0 Å². The van der Waals surface area contributed by atoms with Crippen LogP contribution >= 0.6 is 0 Å². The molecule has 1 unspecified atom stereocenters. The van der Waals surface area contributed by atoms with Crippen LogP contribution in [0.3, 0.4) is 0 Å². The molecule has 0 aromatic heterocycles. The number of hydrogen-bond donors (Lipinski definition) is 1. The molecule has 0 fully saturated rings. The Morgan fingerprint density at radius 3 is 2.67 bits per heavy atom. The summed E-state index contributed by atoms with van der Waals surface area (Å²) >= 11 is 0. The zero-order valence-electron chi connectivity index (χ0n) is 13.4. The minimum atomic E-state index is -3.11. The van der Waals surface area contributed by atoms with Crippen molar-refractivity contribution in [3.63, 3.8) is 0 Å². The van der Waals surface area contributed by atoms with Crippen LogP contribution in [-0.4, -0.2) is 20.7 Å². The minimum absolute atomic E-state index is 0.0587. The molecule has 0 spiro atoms. The highest BCUT2D eigenvalue weighted by molar-refractivity contribution is 7.91. The van der Waals surface area contributed by atoms with E-state index in [1.54, 1.807) is 12.1 Å². The fourth-order valence-electron chi connectivity index (χ4n) is 2.96. The smallest absolute Gasteiger partial charge is 0.180 e. The van der Waals surface area contributed by atoms with Crippen molar-refractivity contribution < 1.29 is 8.42 Å². The molecule has 1 N–H and O–H groups in total. The molecule has 0 bridgehead atoms. The van der Waals surface area contributed by atoms with E-state index in [1.807, 2.05) is 12.1 Å². The van der Waals surface area contributed by atoms with Gasteiger partial charge in [0, 0.05) is 12.6 Å². The van der Waals surface area contributed by atoms with Crippen LogP contribution in [0.5, 0.6) is 0 Å². The van der Waals surface area contributed by atoms with Gasteiger partial charge in [-0.15, -0.1) is 0 Å². The van der Waals surface area contributed by atoms with Gasteiger partial charge in [-0.05, 0) is 23.5 Å². The minimum Gasteiger partial charge on any atom is -0.308 e. The van der Waals surface area contributed by atoms with Crippen molar-refractivity contribution in [2.75, 3.05) is 12.3 Å². The van der Waals surface area contributed by atoms with Crippen LogP contribution in [0.1, 0.15) is 58.1 Å². The molecule has 1 heterocycles. The highest BCUT2D eigenvalue weighted by Crippen LogP contribution is 2.34. The van der Waals surface area contributed by atoms with Crippen molar-refractivity contribution >= 4 is 9.84 Å². The Morgan fingerprint density at radius 2 is 1.95 bits per heavy atom. The molecule has 1 atom stereocenters. The fraction of sp³-hybridized carbons (Fsp3) is 0.647. The van der Waals surface area contributed by atoms with Crippen molar-refractivity contribution in [3.05, 3.63) is 29.8 Å². The first kappa shape index (κ1) is 16.5. The Labute approximate surface area is 129 Å². The molecule has 21 heavy (non-hydrogen) atoms. The number of rotatable bonds is 7. The molecule has 3 nitrogen and oxygen atoms in total. The van der Waals surface area contributed by atoms with E-state index in [2.05, 4.69) is 26.1 Å². The fourth-order valence-corrected chi connectivity index (χ4v) is 4.73. The summed E-state index contributed by atoms with van der Waals surface area (Å²) in [6.07, 6.45) is 4.92. The highest BCUT2D eigenvalue weighted by Gasteiger charge is 2.34. The number of benzene rings is 1. The molecule has 1 aromatic rings. The molecule has 2 rings (SSSR count). The third-order valence-corrected chi connectivity index (χ3v) is 6.11. The van der Waals surface area contributed by atoms with E-state index in [0.29, 0.717) is 4.90 Å². The number of sulfone groups is 1. The molecular weight excluding hydrogens is 282 g/mol. The molecule has 0 amide bonds. The van der Waals surface area contributed by atoms with Gasteiger partial charge >= 0.3 is 0 Å². The first-order valence-electron chi connectivity index (χ1n) is 7.91. The van der Waals surface area contributed by atoms with Gasteiger partial charge in [-0.2, -0.15) is 0 Å². The van der Waals surface area contributed by atoms with E-state index in [0.717, 1.165) is 12.1 Å². The molecule has 118 valence electrons. The van der Waals surface area contributed by atoms with Crippen LogP contribution in [0.15, 0.2) is 29.2 Å². The maximum absolute atomic E-state index is 12.2. The van der Waals surface area contributed by atoms with Gasteiger partial charge in [-0.25, -0.2) is 8.42 Å². The number of nitrogens with one attached hydrogen (secondary N) is 1. The normalized spacial score (nSPS) is 20.4. The van der Waals surface area contributed by atoms with Gasteiger partial charge in [0.05, 0.1) is 10.6 Å². The molecule has 1 aliphatic rings. The van der Waals surface area contributed by atoms with E-state index in [1.165, 1.54) is 25.7 Å². The molecule has 0 radical (unpaired) electrons. The van der Waals surface area contributed by atoms with Crippen molar-refractivity contribution in [3.8, 4) is 0 Å². The molecule has 0 saturated heterocycles. The lowest BCUT2D eigenvalue weighted by Crippen LogP contribution is -2.33. The van der Waals surface area contributed by atoms with E-state index in [-0.39, 0.29) is 17.2 Å². The topological polar surface area (TPSA) is 46.2 Å². The third-order valence-electron chi connectivity index (χ3n) is 4.30. The average molecular weight is 309 g/mol. The summed E-state index contributed by atoms with van der Waals surface area (Å²) in [5.41, 5.74) is 1.14. The maximum atomic E-state index is 12.2. The Morgan fingerprint density at radius 1 is 1.24 bits per heavy atom. The SMILES string of the molecule is CCCCCC(C)(C)CNC1CS(=O)(=O)c2ccccc21. The summed E-state index contributed by atoms with van der Waals surface area (Å²) in [6.45, 7) is 7.58. The van der Waals surface area contributed by atoms with Gasteiger partial charge in [0.15, 0.2) is 9.84 Å². The van der Waals surface area contributed by atoms with Gasteiger partial charge in [-0.3, -0.25) is 0 Å². The summed E-state index contributed by atoms with van der Waals surface area (Å²) in [5, 5.41) is 3.48. The van der Waals surface area contributed by atoms with Gasteiger partial charge in [0.1, 0.15) is 0 Å². The predicted octanol–water partition coefficient (Wildman–Crippen LogP) is 3.71. The van der Waals surface area contributed by atoms with E-state index < -0.39 is 9.84 Å². The average Bonchev–Trinajstić information content (AvgIpc) is 2.69. The van der Waals surface area contributed by atoms with Crippen LogP contribution in [0.4, 0.5) is 0 Å². The molecular formula is C17H27NO2S. The lowest BCUT2D eigenvalue weighted by Gasteiger charge is -2.27. The Balaban J connectivity index is 1.99. The van der Waals surface area contributed by atoms with Crippen LogP contribution in [0.25, 0.3) is 0 Å². The van der Waals surface area contributed by atoms with Crippen molar-refractivity contribution in [1.82, 2.24) is 5.32 Å². The van der Waals surface area contributed by atoms with Crippen molar-refractivity contribution in [2.24, 2.45) is 5.41 Å². The Bertz CT molecular complexity index is 578. The number of unbranched alkanes of at least 4 members (excludes halogenated alkanes) is 2. The first-order chi connectivity index (χ1) is 9.86. The van der Waals surface area contributed by atoms with Gasteiger partial charge < -0.3 is 5.32 Å². The number of hydrogen-bond acceptors (Lipinski definition) is 3. The molecule has 0 aliphatic carbocycles. The quantitative estimate of drug-likeness (QED) is 0.781. The Kier molecular flexibility index (Phi) is 5.10. The van der Waals surface area contributed by atoms with Crippen LogP contribution in [0, 0.1) is 5.41 Å². The largest absolute Gasteiger partial charge is 0.308 e. The summed E-state index contributed by atoms with van der Waals surface area (Å²) in [7, 11) is -3.11. The predicted molar refractivity (Wildman–Crippen MR) is 87.2 cm³/mol.